The Hall–Kier alpha value is -1.84. The minimum absolute atomic E-state index is 0.109. The molecule has 4 nitrogen and oxygen atoms in total. The second-order valence-electron chi connectivity index (χ2n) is 6.46. The Labute approximate surface area is 138 Å². The van der Waals surface area contributed by atoms with Crippen molar-refractivity contribution in [2.24, 2.45) is 11.8 Å². The van der Waals surface area contributed by atoms with Gasteiger partial charge in [-0.2, -0.15) is 0 Å². The van der Waals surface area contributed by atoms with Crippen molar-refractivity contribution in [2.75, 3.05) is 13.7 Å². The monoisotopic (exact) mass is 317 g/mol. The molecule has 23 heavy (non-hydrogen) atoms. The van der Waals surface area contributed by atoms with Gasteiger partial charge in [0.1, 0.15) is 0 Å². The third kappa shape index (κ3) is 5.08. The van der Waals surface area contributed by atoms with Crippen LogP contribution in [-0.2, 0) is 20.9 Å². The largest absolute Gasteiger partial charge is 0.469 e. The van der Waals surface area contributed by atoms with Gasteiger partial charge in [-0.1, -0.05) is 56.5 Å². The quantitative estimate of drug-likeness (QED) is 0.755. The highest BCUT2D eigenvalue weighted by Crippen LogP contribution is 2.26. The van der Waals surface area contributed by atoms with E-state index in [1.165, 1.54) is 13.5 Å². The van der Waals surface area contributed by atoms with Gasteiger partial charge < -0.3 is 9.64 Å². The molecule has 0 spiro atoms. The molecule has 0 aliphatic heterocycles. The molecule has 1 aliphatic carbocycles. The summed E-state index contributed by atoms with van der Waals surface area (Å²) in [7, 11) is 1.39. The minimum Gasteiger partial charge on any atom is -0.469 e. The summed E-state index contributed by atoms with van der Waals surface area (Å²) in [5.41, 5.74) is 1.09. The number of ether oxygens (including phenoxy) is 1. The zero-order valence-electron chi connectivity index (χ0n) is 14.2. The highest BCUT2D eigenvalue weighted by Gasteiger charge is 2.28. The van der Waals surface area contributed by atoms with Crippen LogP contribution < -0.4 is 0 Å². The van der Waals surface area contributed by atoms with Gasteiger partial charge in [0, 0.05) is 19.0 Å². The van der Waals surface area contributed by atoms with Gasteiger partial charge in [-0.15, -0.1) is 0 Å². The molecule has 2 rings (SSSR count). The van der Waals surface area contributed by atoms with Gasteiger partial charge in [-0.3, -0.25) is 9.59 Å². The van der Waals surface area contributed by atoms with E-state index in [0.29, 0.717) is 13.1 Å². The van der Waals surface area contributed by atoms with Crippen molar-refractivity contribution in [3.05, 3.63) is 35.9 Å². The normalized spacial score (nSPS) is 16.6. The predicted molar refractivity (Wildman–Crippen MR) is 89.6 cm³/mol. The summed E-state index contributed by atoms with van der Waals surface area (Å²) in [4.78, 5) is 26.5. The molecule has 1 atom stereocenters. The lowest BCUT2D eigenvalue weighted by Crippen LogP contribution is -2.40. The smallest absolute Gasteiger partial charge is 0.310 e. The molecule has 4 heteroatoms. The fourth-order valence-electron chi connectivity index (χ4n) is 3.25. The lowest BCUT2D eigenvalue weighted by molar-refractivity contribution is -0.147. The van der Waals surface area contributed by atoms with E-state index in [0.717, 1.165) is 31.2 Å². The first kappa shape index (κ1) is 17.5. The number of carbonyl (C=O) groups excluding carboxylic acids is 2. The summed E-state index contributed by atoms with van der Waals surface area (Å²) < 4.78 is 4.81. The molecule has 0 radical (unpaired) electrons. The van der Waals surface area contributed by atoms with Gasteiger partial charge in [0.2, 0.25) is 5.91 Å². The van der Waals surface area contributed by atoms with Gasteiger partial charge in [0.25, 0.3) is 0 Å². The van der Waals surface area contributed by atoms with Gasteiger partial charge in [0.15, 0.2) is 0 Å². The van der Waals surface area contributed by atoms with Crippen LogP contribution in [0.2, 0.25) is 0 Å². The number of nitrogens with zero attached hydrogens (tertiary/aromatic N) is 1. The molecule has 1 aromatic carbocycles. The second kappa shape index (κ2) is 8.70. The van der Waals surface area contributed by atoms with Crippen LogP contribution in [0, 0.1) is 11.8 Å². The van der Waals surface area contributed by atoms with Crippen LogP contribution in [0.4, 0.5) is 0 Å². The van der Waals surface area contributed by atoms with E-state index >= 15 is 0 Å². The van der Waals surface area contributed by atoms with E-state index in [1.807, 2.05) is 42.2 Å². The zero-order chi connectivity index (χ0) is 16.7. The van der Waals surface area contributed by atoms with E-state index in [9.17, 15) is 9.59 Å². The van der Waals surface area contributed by atoms with Crippen LogP contribution in [0.1, 0.15) is 44.6 Å². The topological polar surface area (TPSA) is 46.6 Å². The summed E-state index contributed by atoms with van der Waals surface area (Å²) in [5.74, 6) is -0.280. The third-order valence-electron chi connectivity index (χ3n) is 4.58. The molecule has 0 N–H and O–H groups in total. The molecule has 1 aliphatic rings. The molecule has 1 unspecified atom stereocenters. The molecule has 0 bridgehead atoms. The summed E-state index contributed by atoms with van der Waals surface area (Å²) >= 11 is 0. The first-order valence-electron chi connectivity index (χ1n) is 8.52. The van der Waals surface area contributed by atoms with E-state index in [-0.39, 0.29) is 23.7 Å². The van der Waals surface area contributed by atoms with E-state index < -0.39 is 0 Å². The Morgan fingerprint density at radius 2 is 1.83 bits per heavy atom. The third-order valence-corrected chi connectivity index (χ3v) is 4.58. The van der Waals surface area contributed by atoms with Crippen molar-refractivity contribution >= 4 is 11.9 Å². The molecule has 0 aromatic heterocycles. The number of amides is 1. The molecule has 126 valence electrons. The Morgan fingerprint density at radius 3 is 2.43 bits per heavy atom. The van der Waals surface area contributed by atoms with Crippen LogP contribution in [-0.4, -0.2) is 30.4 Å². The molecular weight excluding hydrogens is 290 g/mol. The van der Waals surface area contributed by atoms with Gasteiger partial charge in [-0.05, 0) is 18.4 Å². The van der Waals surface area contributed by atoms with Gasteiger partial charge in [-0.25, -0.2) is 0 Å². The fraction of sp³-hybridized carbons (Fsp3) is 0.579. The fourth-order valence-corrected chi connectivity index (χ4v) is 3.25. The summed E-state index contributed by atoms with van der Waals surface area (Å²) in [5, 5.41) is 0. The molecular formula is C19H27NO3. The zero-order valence-corrected chi connectivity index (χ0v) is 14.2. The molecule has 1 aromatic rings. The number of methoxy groups -OCH3 is 1. The Morgan fingerprint density at radius 1 is 1.17 bits per heavy atom. The average molecular weight is 317 g/mol. The standard InChI is InChI=1S/C19H27NO3/c1-15(19(22)23-2)13-20(14-16-9-5-3-6-10-16)18(21)17-11-7-4-8-12-17/h3,5-6,9-10,15,17H,4,7-8,11-14H2,1-2H3. The van der Waals surface area contributed by atoms with Crippen molar-refractivity contribution in [1.29, 1.82) is 0 Å². The predicted octanol–water partition coefficient (Wildman–Crippen LogP) is 3.40. The van der Waals surface area contributed by atoms with Crippen molar-refractivity contribution in [3.63, 3.8) is 0 Å². The lowest BCUT2D eigenvalue weighted by atomic mass is 9.88. The average Bonchev–Trinajstić information content (AvgIpc) is 2.61. The Bertz CT molecular complexity index is 509. The van der Waals surface area contributed by atoms with Crippen LogP contribution >= 0.6 is 0 Å². The van der Waals surface area contributed by atoms with Crippen molar-refractivity contribution in [1.82, 2.24) is 4.90 Å². The maximum atomic E-state index is 12.9. The number of carbonyl (C=O) groups is 2. The number of hydrogen-bond acceptors (Lipinski definition) is 3. The maximum Gasteiger partial charge on any atom is 0.310 e. The highest BCUT2D eigenvalue weighted by atomic mass is 16.5. The number of benzene rings is 1. The first-order valence-corrected chi connectivity index (χ1v) is 8.52. The molecule has 0 heterocycles. The minimum atomic E-state index is -0.309. The summed E-state index contributed by atoms with van der Waals surface area (Å²) in [6.45, 7) is 2.78. The van der Waals surface area contributed by atoms with Crippen LogP contribution in [0.15, 0.2) is 30.3 Å². The van der Waals surface area contributed by atoms with Gasteiger partial charge >= 0.3 is 5.97 Å². The Balaban J connectivity index is 2.09. The molecule has 1 saturated carbocycles. The Kier molecular flexibility index (Phi) is 6.63. The highest BCUT2D eigenvalue weighted by molar-refractivity contribution is 5.80. The van der Waals surface area contributed by atoms with Crippen molar-refractivity contribution in [2.45, 2.75) is 45.6 Å². The second-order valence-corrected chi connectivity index (χ2v) is 6.46. The molecule has 0 saturated heterocycles. The summed E-state index contributed by atoms with van der Waals surface area (Å²) in [6.07, 6.45) is 5.42. The number of rotatable bonds is 6. The van der Waals surface area contributed by atoms with Gasteiger partial charge in [0.05, 0.1) is 13.0 Å². The number of hydrogen-bond donors (Lipinski definition) is 0. The molecule has 1 fully saturated rings. The lowest BCUT2D eigenvalue weighted by Gasteiger charge is -2.31. The number of esters is 1. The van der Waals surface area contributed by atoms with E-state index in [4.69, 9.17) is 4.74 Å². The van der Waals surface area contributed by atoms with Crippen LogP contribution in [0.5, 0.6) is 0 Å². The maximum absolute atomic E-state index is 12.9. The van der Waals surface area contributed by atoms with E-state index in [1.54, 1.807) is 0 Å². The van der Waals surface area contributed by atoms with Crippen LogP contribution in [0.3, 0.4) is 0 Å². The van der Waals surface area contributed by atoms with E-state index in [2.05, 4.69) is 0 Å². The van der Waals surface area contributed by atoms with Crippen LogP contribution in [0.25, 0.3) is 0 Å². The molecule has 1 amide bonds. The first-order chi connectivity index (χ1) is 11.1. The van der Waals surface area contributed by atoms with Crippen molar-refractivity contribution < 1.29 is 14.3 Å². The summed E-state index contributed by atoms with van der Waals surface area (Å²) in [6, 6.07) is 9.95. The SMILES string of the molecule is COC(=O)C(C)CN(Cc1ccccc1)C(=O)C1CCCCC1. The van der Waals surface area contributed by atoms with Crippen molar-refractivity contribution in [3.8, 4) is 0 Å².